The third kappa shape index (κ3) is 6.11. The highest BCUT2D eigenvalue weighted by atomic mass is 16.2. The summed E-state index contributed by atoms with van der Waals surface area (Å²) in [4.78, 5) is 65.8. The van der Waals surface area contributed by atoms with Crippen molar-refractivity contribution in [2.45, 2.75) is 81.7 Å². The molecular formula is C18H25N5O5. The number of aromatic amines is 3. The molecular weight excluding hydrogens is 366 g/mol. The number of aromatic nitrogens is 3. The average molecular weight is 391 g/mol. The Morgan fingerprint density at radius 3 is 1.25 bits per heavy atom. The zero-order valence-electron chi connectivity index (χ0n) is 15.7. The van der Waals surface area contributed by atoms with Gasteiger partial charge in [-0.2, -0.15) is 9.98 Å². The van der Waals surface area contributed by atoms with Gasteiger partial charge in [0.2, 0.25) is 12.2 Å². The molecule has 1 aromatic heterocycles. The van der Waals surface area contributed by atoms with E-state index in [9.17, 15) is 24.0 Å². The Labute approximate surface area is 160 Å². The van der Waals surface area contributed by atoms with E-state index in [1.165, 1.54) is 12.8 Å². The Bertz CT molecular complexity index is 789. The third-order valence-corrected chi connectivity index (χ3v) is 5.47. The van der Waals surface area contributed by atoms with Crippen LogP contribution in [-0.2, 0) is 9.59 Å². The van der Waals surface area contributed by atoms with Crippen molar-refractivity contribution in [3.05, 3.63) is 31.5 Å². The molecule has 0 aromatic carbocycles. The lowest BCUT2D eigenvalue weighted by atomic mass is 9.69. The molecule has 10 nitrogen and oxygen atoms in total. The number of hydrogen-bond donors (Lipinski definition) is 3. The summed E-state index contributed by atoms with van der Waals surface area (Å²) in [7, 11) is 0. The molecule has 1 heterocycles. The van der Waals surface area contributed by atoms with Crippen LogP contribution >= 0.6 is 0 Å². The molecule has 10 heteroatoms. The van der Waals surface area contributed by atoms with E-state index < -0.39 is 17.1 Å². The van der Waals surface area contributed by atoms with Crippen LogP contribution < -0.4 is 17.1 Å². The van der Waals surface area contributed by atoms with Crippen LogP contribution in [0.3, 0.4) is 0 Å². The lowest BCUT2D eigenvalue weighted by Gasteiger charge is -2.41. The molecule has 0 atom stereocenters. The highest BCUT2D eigenvalue weighted by Gasteiger charge is 2.43. The van der Waals surface area contributed by atoms with Gasteiger partial charge in [-0.25, -0.2) is 24.0 Å². The van der Waals surface area contributed by atoms with Gasteiger partial charge in [0.05, 0.1) is 11.1 Å². The SMILES string of the molecule is O=C=NC1(CC2(N=C=O)CCCCC2)CCCCC1.O=c1[nH]c(=O)[nH]c(=O)[nH]1. The van der Waals surface area contributed by atoms with Crippen LogP contribution in [0.15, 0.2) is 24.4 Å². The van der Waals surface area contributed by atoms with E-state index in [4.69, 9.17) is 0 Å². The molecule has 1 aromatic rings. The van der Waals surface area contributed by atoms with Crippen molar-refractivity contribution in [1.82, 2.24) is 15.0 Å². The van der Waals surface area contributed by atoms with Crippen molar-refractivity contribution < 1.29 is 9.59 Å². The van der Waals surface area contributed by atoms with Crippen LogP contribution in [0.25, 0.3) is 0 Å². The lowest BCUT2D eigenvalue weighted by molar-refractivity contribution is 0.181. The number of aliphatic imine (C=N–C) groups is 2. The van der Waals surface area contributed by atoms with Crippen LogP contribution in [0.2, 0.25) is 0 Å². The molecule has 28 heavy (non-hydrogen) atoms. The van der Waals surface area contributed by atoms with Gasteiger partial charge in [0.25, 0.3) is 0 Å². The molecule has 0 aliphatic heterocycles. The zero-order chi connectivity index (χ0) is 20.5. The maximum absolute atomic E-state index is 10.8. The largest absolute Gasteiger partial charge is 0.330 e. The first kappa shape index (κ1) is 21.5. The van der Waals surface area contributed by atoms with Gasteiger partial charge in [0.1, 0.15) is 0 Å². The van der Waals surface area contributed by atoms with Crippen LogP contribution in [0.1, 0.15) is 70.6 Å². The summed E-state index contributed by atoms with van der Waals surface area (Å²) in [5.41, 5.74) is -3.05. The lowest BCUT2D eigenvalue weighted by Crippen LogP contribution is -2.41. The van der Waals surface area contributed by atoms with Crippen LogP contribution in [0.5, 0.6) is 0 Å². The van der Waals surface area contributed by atoms with Gasteiger partial charge in [0.15, 0.2) is 0 Å². The minimum absolute atomic E-state index is 0.322. The molecule has 2 aliphatic carbocycles. The fourth-order valence-electron chi connectivity index (χ4n) is 4.29. The van der Waals surface area contributed by atoms with E-state index in [0.29, 0.717) is 0 Å². The second kappa shape index (κ2) is 9.92. The molecule has 2 saturated carbocycles. The Balaban J connectivity index is 0.000000261. The minimum atomic E-state index is -0.802. The molecule has 3 rings (SSSR count). The van der Waals surface area contributed by atoms with Crippen molar-refractivity contribution in [1.29, 1.82) is 0 Å². The fraction of sp³-hybridized carbons (Fsp3) is 0.722. The normalized spacial score (nSPS) is 19.9. The minimum Gasteiger partial charge on any atom is -0.259 e. The molecule has 0 saturated heterocycles. The fourth-order valence-corrected chi connectivity index (χ4v) is 4.29. The summed E-state index contributed by atoms with van der Waals surface area (Å²) in [6.45, 7) is 0. The second-order valence-corrected chi connectivity index (χ2v) is 7.52. The monoisotopic (exact) mass is 391 g/mol. The highest BCUT2D eigenvalue weighted by Crippen LogP contribution is 2.44. The van der Waals surface area contributed by atoms with E-state index in [2.05, 4.69) is 9.98 Å². The molecule has 152 valence electrons. The van der Waals surface area contributed by atoms with Crippen molar-refractivity contribution in [3.63, 3.8) is 0 Å². The topological polar surface area (TPSA) is 157 Å². The van der Waals surface area contributed by atoms with Gasteiger partial charge in [-0.3, -0.25) is 15.0 Å². The molecule has 3 N–H and O–H groups in total. The number of H-pyrrole nitrogens is 3. The van der Waals surface area contributed by atoms with E-state index in [0.717, 1.165) is 57.8 Å². The van der Waals surface area contributed by atoms with Crippen molar-refractivity contribution >= 4 is 12.2 Å². The summed E-state index contributed by atoms with van der Waals surface area (Å²) in [6, 6.07) is 0. The van der Waals surface area contributed by atoms with Crippen LogP contribution in [0.4, 0.5) is 0 Å². The first-order chi connectivity index (χ1) is 13.4. The van der Waals surface area contributed by atoms with Gasteiger partial charge >= 0.3 is 17.1 Å². The average Bonchev–Trinajstić information content (AvgIpc) is 2.63. The van der Waals surface area contributed by atoms with Gasteiger partial charge in [-0.1, -0.05) is 38.5 Å². The van der Waals surface area contributed by atoms with Gasteiger partial charge in [0, 0.05) is 0 Å². The number of nitrogens with one attached hydrogen (secondary N) is 3. The van der Waals surface area contributed by atoms with E-state index in [-0.39, 0.29) is 11.1 Å². The van der Waals surface area contributed by atoms with Crippen molar-refractivity contribution in [2.24, 2.45) is 9.98 Å². The van der Waals surface area contributed by atoms with Crippen molar-refractivity contribution in [2.75, 3.05) is 0 Å². The number of rotatable bonds is 4. The molecule has 0 bridgehead atoms. The van der Waals surface area contributed by atoms with Crippen molar-refractivity contribution in [3.8, 4) is 0 Å². The van der Waals surface area contributed by atoms with Gasteiger partial charge in [-0.05, 0) is 32.1 Å². The summed E-state index contributed by atoms with van der Waals surface area (Å²) in [5, 5.41) is 0. The Morgan fingerprint density at radius 1 is 0.643 bits per heavy atom. The molecule has 0 amide bonds. The van der Waals surface area contributed by atoms with E-state index in [1.807, 2.05) is 0 Å². The Hall–Kier alpha value is -2.83. The predicted molar refractivity (Wildman–Crippen MR) is 101 cm³/mol. The number of isocyanates is 2. The molecule has 2 aliphatic rings. The van der Waals surface area contributed by atoms with E-state index >= 15 is 0 Å². The summed E-state index contributed by atoms with van der Waals surface area (Å²) < 4.78 is 0. The van der Waals surface area contributed by atoms with E-state index in [1.54, 1.807) is 27.1 Å². The summed E-state index contributed by atoms with van der Waals surface area (Å²) in [5.74, 6) is 0. The molecule has 2 fully saturated rings. The summed E-state index contributed by atoms with van der Waals surface area (Å²) in [6.07, 6.45) is 14.8. The van der Waals surface area contributed by atoms with Crippen LogP contribution in [0, 0.1) is 0 Å². The Morgan fingerprint density at radius 2 is 0.964 bits per heavy atom. The first-order valence-electron chi connectivity index (χ1n) is 9.54. The maximum Gasteiger partial charge on any atom is 0.330 e. The molecule has 0 radical (unpaired) electrons. The Kier molecular flexibility index (Phi) is 7.61. The highest BCUT2D eigenvalue weighted by molar-refractivity contribution is 5.37. The predicted octanol–water partition coefficient (Wildman–Crippen LogP) is 1.21. The smallest absolute Gasteiger partial charge is 0.259 e. The number of carbonyl (C=O) groups excluding carboxylic acids is 2. The number of hydrogen-bond acceptors (Lipinski definition) is 7. The third-order valence-electron chi connectivity index (χ3n) is 5.47. The summed E-state index contributed by atoms with van der Waals surface area (Å²) >= 11 is 0. The second-order valence-electron chi connectivity index (χ2n) is 7.52. The van der Waals surface area contributed by atoms with Gasteiger partial charge in [-0.15, -0.1) is 0 Å². The first-order valence-corrected chi connectivity index (χ1v) is 9.54. The molecule has 0 unspecified atom stereocenters. The maximum atomic E-state index is 10.8. The molecule has 0 spiro atoms. The van der Waals surface area contributed by atoms with Crippen LogP contribution in [-0.4, -0.2) is 38.2 Å². The van der Waals surface area contributed by atoms with Gasteiger partial charge < -0.3 is 0 Å². The standard InChI is InChI=1S/C15H22N2O2.C3H3N3O3/c18-12-16-14(7-3-1-4-8-14)11-15(17-13-19)9-5-2-6-10-15;7-1-4-2(8)6-3(9)5-1/h1-11H2;(H3,4,5,6,7,8,9). The number of nitrogens with zero attached hydrogens (tertiary/aromatic N) is 2. The zero-order valence-corrected chi connectivity index (χ0v) is 15.7. The quantitative estimate of drug-likeness (QED) is 0.519.